The number of azide groups is 1. The van der Waals surface area contributed by atoms with E-state index in [1.807, 2.05) is 13.0 Å². The zero-order valence-electron chi connectivity index (χ0n) is 6.57. The fraction of sp³-hybridized carbons (Fsp3) is 0.429. The first-order valence-electron chi connectivity index (χ1n) is 3.56. The predicted octanol–water partition coefficient (Wildman–Crippen LogP) is 3.80. The highest BCUT2D eigenvalue weighted by atomic mass is 79.9. The van der Waals surface area contributed by atoms with E-state index in [0.717, 1.165) is 10.9 Å². The van der Waals surface area contributed by atoms with Crippen molar-refractivity contribution in [3.63, 3.8) is 0 Å². The van der Waals surface area contributed by atoms with Crippen molar-refractivity contribution in [3.05, 3.63) is 33.0 Å². The molecule has 0 aliphatic rings. The molecule has 0 spiro atoms. The lowest BCUT2D eigenvalue weighted by atomic mass is 10.2. The minimum atomic E-state index is -0.193. The summed E-state index contributed by atoms with van der Waals surface area (Å²) in [5.74, 6) is 0.696. The molecule has 0 saturated carbocycles. The molecule has 1 aromatic rings. The van der Waals surface area contributed by atoms with Gasteiger partial charge in [-0.05, 0) is 33.9 Å². The summed E-state index contributed by atoms with van der Waals surface area (Å²) in [6.07, 6.45) is 2.31. The average Bonchev–Trinajstić information content (AvgIpc) is 2.47. The number of rotatable bonds is 3. The van der Waals surface area contributed by atoms with Gasteiger partial charge in [-0.25, -0.2) is 0 Å². The quantitative estimate of drug-likeness (QED) is 0.442. The molecule has 0 aromatic carbocycles. The van der Waals surface area contributed by atoms with Gasteiger partial charge in [-0.3, -0.25) is 0 Å². The summed E-state index contributed by atoms with van der Waals surface area (Å²) < 4.78 is 6.02. The van der Waals surface area contributed by atoms with E-state index >= 15 is 0 Å². The Hall–Kier alpha value is -0.930. The molecule has 0 saturated heterocycles. The summed E-state index contributed by atoms with van der Waals surface area (Å²) in [6, 6.07) is 1.62. The zero-order chi connectivity index (χ0) is 8.97. The Morgan fingerprint density at radius 2 is 2.58 bits per heavy atom. The SMILES string of the molecule is CCC(N=[N+]=[N-])c1cc(Br)co1. The Kier molecular flexibility index (Phi) is 3.19. The molecule has 0 N–H and O–H groups in total. The van der Waals surface area contributed by atoms with Crippen molar-refractivity contribution in [1.29, 1.82) is 0 Å². The van der Waals surface area contributed by atoms with Gasteiger partial charge in [0.1, 0.15) is 12.0 Å². The Morgan fingerprint density at radius 3 is 3.00 bits per heavy atom. The maximum atomic E-state index is 8.24. The molecule has 0 radical (unpaired) electrons. The van der Waals surface area contributed by atoms with E-state index < -0.39 is 0 Å². The van der Waals surface area contributed by atoms with Crippen molar-refractivity contribution >= 4 is 15.9 Å². The topological polar surface area (TPSA) is 61.9 Å². The first-order valence-corrected chi connectivity index (χ1v) is 4.35. The molecule has 0 aliphatic carbocycles. The zero-order valence-corrected chi connectivity index (χ0v) is 8.15. The third-order valence-corrected chi connectivity index (χ3v) is 1.91. The molecule has 12 heavy (non-hydrogen) atoms. The molecule has 0 aliphatic heterocycles. The number of halogens is 1. The lowest BCUT2D eigenvalue weighted by Crippen LogP contribution is -1.88. The Bertz CT molecular complexity index is 303. The van der Waals surface area contributed by atoms with Gasteiger partial charge >= 0.3 is 0 Å². The van der Waals surface area contributed by atoms with Crippen molar-refractivity contribution in [2.45, 2.75) is 19.4 Å². The highest BCUT2D eigenvalue weighted by Crippen LogP contribution is 2.25. The summed E-state index contributed by atoms with van der Waals surface area (Å²) in [4.78, 5) is 2.74. The van der Waals surface area contributed by atoms with Crippen LogP contribution in [0.1, 0.15) is 25.1 Å². The summed E-state index contributed by atoms with van der Waals surface area (Å²) in [7, 11) is 0. The largest absolute Gasteiger partial charge is 0.468 e. The molecule has 1 unspecified atom stereocenters. The van der Waals surface area contributed by atoms with Crippen molar-refractivity contribution in [3.8, 4) is 0 Å². The van der Waals surface area contributed by atoms with E-state index in [1.165, 1.54) is 0 Å². The molecule has 5 heteroatoms. The first-order chi connectivity index (χ1) is 5.77. The van der Waals surface area contributed by atoms with E-state index in [-0.39, 0.29) is 6.04 Å². The third-order valence-electron chi connectivity index (χ3n) is 1.49. The van der Waals surface area contributed by atoms with Crippen LogP contribution in [-0.2, 0) is 0 Å². The van der Waals surface area contributed by atoms with Gasteiger partial charge in [-0.1, -0.05) is 12.0 Å². The summed E-state index contributed by atoms with van der Waals surface area (Å²) in [6.45, 7) is 1.94. The van der Waals surface area contributed by atoms with Crippen LogP contribution in [0.4, 0.5) is 0 Å². The molecule has 4 nitrogen and oxygen atoms in total. The van der Waals surface area contributed by atoms with E-state index in [1.54, 1.807) is 6.26 Å². The van der Waals surface area contributed by atoms with Gasteiger partial charge in [-0.15, -0.1) is 0 Å². The lowest BCUT2D eigenvalue weighted by Gasteiger charge is -2.01. The molecule has 1 rings (SSSR count). The van der Waals surface area contributed by atoms with Crippen molar-refractivity contribution < 1.29 is 4.42 Å². The Labute approximate surface area is 78.3 Å². The highest BCUT2D eigenvalue weighted by molar-refractivity contribution is 9.10. The normalized spacial score (nSPS) is 12.2. The van der Waals surface area contributed by atoms with Crippen molar-refractivity contribution in [2.24, 2.45) is 5.11 Å². The Balaban J connectivity index is 2.86. The maximum Gasteiger partial charge on any atom is 0.113 e. The molecule has 0 fully saturated rings. The monoisotopic (exact) mass is 229 g/mol. The minimum Gasteiger partial charge on any atom is -0.468 e. The van der Waals surface area contributed by atoms with Crippen LogP contribution >= 0.6 is 15.9 Å². The summed E-state index contributed by atoms with van der Waals surface area (Å²) >= 11 is 3.25. The molecular formula is C7H8BrN3O. The van der Waals surface area contributed by atoms with Gasteiger partial charge in [0.15, 0.2) is 0 Å². The third kappa shape index (κ3) is 2.03. The van der Waals surface area contributed by atoms with Gasteiger partial charge in [0.2, 0.25) is 0 Å². The smallest absolute Gasteiger partial charge is 0.113 e. The van der Waals surface area contributed by atoms with Crippen molar-refractivity contribution in [2.75, 3.05) is 0 Å². The highest BCUT2D eigenvalue weighted by Gasteiger charge is 2.10. The van der Waals surface area contributed by atoms with E-state index in [0.29, 0.717) is 5.76 Å². The van der Waals surface area contributed by atoms with Crippen LogP contribution in [0.15, 0.2) is 26.3 Å². The number of furan rings is 1. The second-order valence-electron chi connectivity index (χ2n) is 2.30. The van der Waals surface area contributed by atoms with Crippen LogP contribution in [0.3, 0.4) is 0 Å². The first kappa shape index (κ1) is 9.16. The van der Waals surface area contributed by atoms with Crippen LogP contribution < -0.4 is 0 Å². The summed E-state index contributed by atoms with van der Waals surface area (Å²) in [5.41, 5.74) is 8.24. The predicted molar refractivity (Wildman–Crippen MR) is 48.6 cm³/mol. The molecule has 1 heterocycles. The standard InChI is InChI=1S/C7H8BrN3O/c1-2-6(10-11-9)7-3-5(8)4-12-7/h3-4,6H,2H2,1H3. The van der Waals surface area contributed by atoms with E-state index in [4.69, 9.17) is 9.95 Å². The molecular weight excluding hydrogens is 222 g/mol. The van der Waals surface area contributed by atoms with Crippen LogP contribution in [0.5, 0.6) is 0 Å². The second-order valence-corrected chi connectivity index (χ2v) is 3.21. The average molecular weight is 230 g/mol. The van der Waals surface area contributed by atoms with Gasteiger partial charge in [0, 0.05) is 4.91 Å². The molecule has 0 amide bonds. The number of hydrogen-bond acceptors (Lipinski definition) is 2. The van der Waals surface area contributed by atoms with E-state index in [2.05, 4.69) is 26.0 Å². The van der Waals surface area contributed by atoms with Gasteiger partial charge in [0.25, 0.3) is 0 Å². The van der Waals surface area contributed by atoms with E-state index in [9.17, 15) is 0 Å². The van der Waals surface area contributed by atoms with Crippen LogP contribution in [0.25, 0.3) is 10.4 Å². The number of nitrogens with zero attached hydrogens (tertiary/aromatic N) is 3. The Morgan fingerprint density at radius 1 is 1.83 bits per heavy atom. The maximum absolute atomic E-state index is 8.24. The van der Waals surface area contributed by atoms with Crippen molar-refractivity contribution in [1.82, 2.24) is 0 Å². The lowest BCUT2D eigenvalue weighted by molar-refractivity contribution is 0.459. The van der Waals surface area contributed by atoms with Gasteiger partial charge < -0.3 is 4.42 Å². The fourth-order valence-electron chi connectivity index (χ4n) is 0.905. The summed E-state index contributed by atoms with van der Waals surface area (Å²) in [5, 5.41) is 3.59. The van der Waals surface area contributed by atoms with Crippen LogP contribution in [0.2, 0.25) is 0 Å². The van der Waals surface area contributed by atoms with Gasteiger partial charge in [0.05, 0.1) is 10.5 Å². The number of hydrogen-bond donors (Lipinski definition) is 0. The molecule has 1 aromatic heterocycles. The minimum absolute atomic E-state index is 0.193. The fourth-order valence-corrected chi connectivity index (χ4v) is 1.22. The van der Waals surface area contributed by atoms with Gasteiger partial charge in [-0.2, -0.15) is 0 Å². The second kappa shape index (κ2) is 4.18. The van der Waals surface area contributed by atoms with Crippen LogP contribution in [0, 0.1) is 0 Å². The molecule has 0 bridgehead atoms. The van der Waals surface area contributed by atoms with Crippen LogP contribution in [-0.4, -0.2) is 0 Å². The molecule has 64 valence electrons. The molecule has 1 atom stereocenters.